The largest absolute Gasteiger partial charge is 0.501 e. The van der Waals surface area contributed by atoms with E-state index >= 15 is 4.39 Å². The Morgan fingerprint density at radius 2 is 1.86 bits per heavy atom. The molecule has 3 aromatic rings. The Labute approximate surface area is 218 Å². The SMILES string of the molecule is [B]C1([B])Oc2ccc(O[C@@H]3CCN(c4nn5c(=O)cc(COC)nc5cc4C)C[C@H]3F)cc2OC1([B])[B]. The van der Waals surface area contributed by atoms with Crippen LogP contribution >= 0.6 is 0 Å². The number of aromatic nitrogens is 3. The first kappa shape index (κ1) is 25.5. The van der Waals surface area contributed by atoms with Gasteiger partial charge in [0.15, 0.2) is 29.1 Å². The Bertz CT molecular complexity index is 1410. The van der Waals surface area contributed by atoms with Gasteiger partial charge in [-0.2, -0.15) is 4.52 Å². The van der Waals surface area contributed by atoms with Crippen LogP contribution in [-0.4, -0.2) is 89.3 Å². The molecule has 2 aromatic heterocycles. The van der Waals surface area contributed by atoms with Crippen LogP contribution in [0.5, 0.6) is 17.2 Å². The van der Waals surface area contributed by atoms with Crippen LogP contribution in [0.25, 0.3) is 5.65 Å². The van der Waals surface area contributed by atoms with Gasteiger partial charge in [0, 0.05) is 43.0 Å². The molecule has 37 heavy (non-hydrogen) atoms. The lowest BCUT2D eigenvalue weighted by Crippen LogP contribution is -2.65. The van der Waals surface area contributed by atoms with Crippen molar-refractivity contribution in [3.8, 4) is 17.2 Å². The predicted octanol–water partition coefficient (Wildman–Crippen LogP) is 0.293. The first-order valence-corrected chi connectivity index (χ1v) is 11.6. The van der Waals surface area contributed by atoms with E-state index in [0.717, 1.165) is 5.56 Å². The lowest BCUT2D eigenvalue weighted by atomic mass is 9.41. The molecule has 5 rings (SSSR count). The molecule has 1 aromatic carbocycles. The maximum Gasteiger partial charge on any atom is 0.274 e. The fourth-order valence-corrected chi connectivity index (χ4v) is 4.34. The summed E-state index contributed by atoms with van der Waals surface area (Å²) in [4.78, 5) is 18.8. The zero-order chi connectivity index (χ0) is 26.5. The van der Waals surface area contributed by atoms with Gasteiger partial charge in [-0.05, 0) is 30.7 Å². The second-order valence-electron chi connectivity index (χ2n) is 9.25. The van der Waals surface area contributed by atoms with E-state index in [9.17, 15) is 4.79 Å². The Balaban J connectivity index is 1.31. The molecule has 0 amide bonds. The number of fused-ring (bicyclic) bond motifs is 2. The Kier molecular flexibility index (Phi) is 6.42. The van der Waals surface area contributed by atoms with Crippen LogP contribution in [0.2, 0.25) is 0 Å². The van der Waals surface area contributed by atoms with E-state index in [4.69, 9.17) is 50.3 Å². The number of piperidine rings is 1. The number of aryl methyl sites for hydroxylation is 1. The second-order valence-corrected chi connectivity index (χ2v) is 9.25. The molecule has 0 spiro atoms. The van der Waals surface area contributed by atoms with Gasteiger partial charge in [-0.3, -0.25) is 4.79 Å². The van der Waals surface area contributed by atoms with Crippen molar-refractivity contribution in [1.29, 1.82) is 0 Å². The molecular formula is C23H21B4FN4O5. The van der Waals surface area contributed by atoms with Crippen LogP contribution in [0.1, 0.15) is 17.7 Å². The van der Waals surface area contributed by atoms with E-state index < -0.39 is 23.1 Å². The van der Waals surface area contributed by atoms with Crippen LogP contribution in [0.15, 0.2) is 35.1 Å². The van der Waals surface area contributed by atoms with Gasteiger partial charge >= 0.3 is 0 Å². The highest BCUT2D eigenvalue weighted by molar-refractivity contribution is 6.53. The molecule has 2 aliphatic heterocycles. The summed E-state index contributed by atoms with van der Waals surface area (Å²) in [6.45, 7) is 2.54. The fourth-order valence-electron chi connectivity index (χ4n) is 4.34. The van der Waals surface area contributed by atoms with Crippen molar-refractivity contribution in [2.24, 2.45) is 0 Å². The van der Waals surface area contributed by atoms with Gasteiger partial charge in [0.25, 0.3) is 5.56 Å². The molecule has 182 valence electrons. The van der Waals surface area contributed by atoms with Crippen LogP contribution in [0.4, 0.5) is 10.2 Å². The minimum Gasteiger partial charge on any atom is -0.501 e. The summed E-state index contributed by atoms with van der Waals surface area (Å²) in [5.74, 6) is 1.24. The molecule has 14 heteroatoms. The highest BCUT2D eigenvalue weighted by atomic mass is 19.1. The number of methoxy groups -OCH3 is 1. The maximum absolute atomic E-state index is 15.3. The van der Waals surface area contributed by atoms with E-state index in [-0.39, 0.29) is 30.2 Å². The predicted molar refractivity (Wildman–Crippen MR) is 137 cm³/mol. The topological polar surface area (TPSA) is 87.4 Å². The number of alkyl halides is 1. The molecule has 1 saturated heterocycles. The van der Waals surface area contributed by atoms with E-state index in [1.807, 2.05) is 6.92 Å². The zero-order valence-electron chi connectivity index (χ0n) is 20.4. The minimum atomic E-state index is -1.99. The summed E-state index contributed by atoms with van der Waals surface area (Å²) in [6, 6.07) is 7.73. The smallest absolute Gasteiger partial charge is 0.274 e. The molecule has 0 bridgehead atoms. The van der Waals surface area contributed by atoms with E-state index in [1.54, 1.807) is 17.0 Å². The minimum absolute atomic E-state index is 0.0239. The van der Waals surface area contributed by atoms with Gasteiger partial charge in [-0.25, -0.2) is 9.37 Å². The number of hydrogen-bond acceptors (Lipinski definition) is 8. The van der Waals surface area contributed by atoms with Gasteiger partial charge in [0.1, 0.15) is 43.2 Å². The number of hydrogen-bond donors (Lipinski definition) is 0. The third kappa shape index (κ3) is 4.79. The molecule has 0 saturated carbocycles. The Hall–Kier alpha value is -3.14. The first-order chi connectivity index (χ1) is 17.5. The highest BCUT2D eigenvalue weighted by Gasteiger charge is 2.43. The number of halogens is 1. The number of ether oxygens (including phenoxy) is 4. The molecule has 0 aliphatic carbocycles. The third-order valence-corrected chi connectivity index (χ3v) is 6.31. The number of rotatable bonds is 5. The maximum atomic E-state index is 15.3. The lowest BCUT2D eigenvalue weighted by Gasteiger charge is -2.48. The van der Waals surface area contributed by atoms with E-state index in [2.05, 4.69) is 10.1 Å². The van der Waals surface area contributed by atoms with E-state index in [1.165, 1.54) is 29.8 Å². The molecule has 9 nitrogen and oxygen atoms in total. The van der Waals surface area contributed by atoms with Gasteiger partial charge in [0.2, 0.25) is 0 Å². The average Bonchev–Trinajstić information content (AvgIpc) is 2.81. The van der Waals surface area contributed by atoms with Crippen LogP contribution in [-0.2, 0) is 11.3 Å². The molecule has 0 unspecified atom stereocenters. The van der Waals surface area contributed by atoms with Crippen molar-refractivity contribution in [2.45, 2.75) is 43.0 Å². The quantitative estimate of drug-likeness (QED) is 0.467. The summed E-state index contributed by atoms with van der Waals surface area (Å²) < 4.78 is 38.4. The number of nitrogens with zero attached hydrogens (tertiary/aromatic N) is 4. The molecule has 2 aliphatic rings. The fraction of sp³-hybridized carbons (Fsp3) is 0.435. The first-order valence-electron chi connectivity index (χ1n) is 11.6. The molecule has 8 radical (unpaired) electrons. The Morgan fingerprint density at radius 1 is 1.14 bits per heavy atom. The average molecular weight is 496 g/mol. The van der Waals surface area contributed by atoms with E-state index in [0.29, 0.717) is 35.9 Å². The summed E-state index contributed by atoms with van der Waals surface area (Å²) in [7, 11) is 24.7. The van der Waals surface area contributed by atoms with Crippen molar-refractivity contribution < 1.29 is 23.3 Å². The normalized spacial score (nSPS) is 22.1. The standard InChI is InChI=1S/C23H21B4FN4O5/c1-12-7-19-29-13(11-34-2)8-20(33)32(19)30-21(12)31-6-5-16(15(28)10-31)35-14-3-4-17-18(9-14)37-23(26,27)22(24,25)36-17/h3-4,7-9,15-16H,5-6,10-11H2,1-2H3/t15-,16-/m1/s1. The molecule has 1 fully saturated rings. The van der Waals surface area contributed by atoms with Crippen molar-refractivity contribution in [2.75, 3.05) is 25.1 Å². The number of anilines is 1. The summed E-state index contributed by atoms with van der Waals surface area (Å²) in [5.41, 5.74) is 1.33. The molecule has 4 heterocycles. The third-order valence-electron chi connectivity index (χ3n) is 6.31. The van der Waals surface area contributed by atoms with Crippen LogP contribution in [0.3, 0.4) is 0 Å². The van der Waals surface area contributed by atoms with Gasteiger partial charge < -0.3 is 23.8 Å². The molecule has 2 atom stereocenters. The Morgan fingerprint density at radius 3 is 2.57 bits per heavy atom. The molecular weight excluding hydrogens is 475 g/mol. The summed E-state index contributed by atoms with van der Waals surface area (Å²) in [5, 5.41) is 0.532. The van der Waals surface area contributed by atoms with Crippen molar-refractivity contribution in [1.82, 2.24) is 14.6 Å². The summed E-state index contributed by atoms with van der Waals surface area (Å²) in [6.07, 6.45) is -1.72. The van der Waals surface area contributed by atoms with Crippen molar-refractivity contribution in [3.63, 3.8) is 0 Å². The van der Waals surface area contributed by atoms with Crippen molar-refractivity contribution in [3.05, 3.63) is 51.9 Å². The van der Waals surface area contributed by atoms with Gasteiger partial charge in [-0.1, -0.05) is 0 Å². The number of benzene rings is 1. The van der Waals surface area contributed by atoms with Gasteiger partial charge in [-0.15, -0.1) is 5.10 Å². The summed E-state index contributed by atoms with van der Waals surface area (Å²) >= 11 is 0. The van der Waals surface area contributed by atoms with Crippen LogP contribution in [0, 0.1) is 6.92 Å². The van der Waals surface area contributed by atoms with Crippen molar-refractivity contribution >= 4 is 42.9 Å². The van der Waals surface area contributed by atoms with Crippen LogP contribution < -0.4 is 24.7 Å². The molecule has 0 N–H and O–H groups in total. The second kappa shape index (κ2) is 9.31. The highest BCUT2D eigenvalue weighted by Crippen LogP contribution is 2.41. The monoisotopic (exact) mass is 496 g/mol. The zero-order valence-corrected chi connectivity index (χ0v) is 20.4. The lowest BCUT2D eigenvalue weighted by molar-refractivity contribution is 0.0587. The van der Waals surface area contributed by atoms with Gasteiger partial charge in [0.05, 0.1) is 18.8 Å².